The normalized spacial score (nSPS) is 12.6. The van der Waals surface area contributed by atoms with Crippen molar-refractivity contribution in [2.45, 2.75) is 45.4 Å². The van der Waals surface area contributed by atoms with Crippen molar-refractivity contribution in [1.82, 2.24) is 15.5 Å². The molecule has 0 rings (SSSR count). The summed E-state index contributed by atoms with van der Waals surface area (Å²) in [6.07, 6.45) is 2.13. The van der Waals surface area contributed by atoms with Crippen molar-refractivity contribution in [3.05, 3.63) is 0 Å². The highest BCUT2D eigenvalue weighted by atomic mass is 127. The second-order valence-corrected chi connectivity index (χ2v) is 7.17. The Kier molecular flexibility index (Phi) is 13.5. The maximum Gasteiger partial charge on any atom is 0.191 e. The van der Waals surface area contributed by atoms with E-state index in [1.807, 2.05) is 11.8 Å². The van der Waals surface area contributed by atoms with Crippen molar-refractivity contribution in [2.24, 2.45) is 4.99 Å². The second kappa shape index (κ2) is 11.9. The molecular formula is C14H33IN4S. The van der Waals surface area contributed by atoms with Crippen LogP contribution in [0.3, 0.4) is 0 Å². The van der Waals surface area contributed by atoms with Crippen LogP contribution in [0.5, 0.6) is 0 Å². The fourth-order valence-corrected chi connectivity index (χ4v) is 1.48. The van der Waals surface area contributed by atoms with Gasteiger partial charge in [-0.1, -0.05) is 0 Å². The number of hydrogen-bond acceptors (Lipinski definition) is 3. The van der Waals surface area contributed by atoms with E-state index in [4.69, 9.17) is 0 Å². The third kappa shape index (κ3) is 11.0. The molecule has 122 valence electrons. The third-order valence-corrected chi connectivity index (χ3v) is 4.39. The summed E-state index contributed by atoms with van der Waals surface area (Å²) in [5.74, 6) is 0.918. The standard InChI is InChI=1S/C14H32N4S.HI/c1-8-15-13(17-11-14(4,5)19-7)16-9-10-18(6)12(2)3;/h12H,8-11H2,1-7H3,(H2,15,16,17);1H. The zero-order valence-corrected chi connectivity index (χ0v) is 17.3. The van der Waals surface area contributed by atoms with Crippen LogP contribution < -0.4 is 10.6 Å². The van der Waals surface area contributed by atoms with Crippen molar-refractivity contribution in [2.75, 3.05) is 39.5 Å². The van der Waals surface area contributed by atoms with Crippen LogP contribution in [0.2, 0.25) is 0 Å². The van der Waals surface area contributed by atoms with E-state index in [1.54, 1.807) is 0 Å². The molecule has 0 amide bonds. The summed E-state index contributed by atoms with van der Waals surface area (Å²) in [4.78, 5) is 6.97. The number of nitrogens with one attached hydrogen (secondary N) is 2. The first-order valence-electron chi connectivity index (χ1n) is 7.10. The molecule has 0 saturated carbocycles. The van der Waals surface area contributed by atoms with Gasteiger partial charge in [-0.05, 0) is 47.9 Å². The highest BCUT2D eigenvalue weighted by molar-refractivity contribution is 14.0. The molecule has 0 saturated heterocycles. The van der Waals surface area contributed by atoms with Crippen LogP contribution in [0.4, 0.5) is 0 Å². The zero-order chi connectivity index (χ0) is 14.9. The number of nitrogens with zero attached hydrogens (tertiary/aromatic N) is 2. The van der Waals surface area contributed by atoms with E-state index in [9.17, 15) is 0 Å². The highest BCUT2D eigenvalue weighted by Gasteiger charge is 2.15. The molecule has 0 aliphatic heterocycles. The molecule has 0 fully saturated rings. The lowest BCUT2D eigenvalue weighted by molar-refractivity contribution is 0.278. The molecule has 0 bridgehead atoms. The Labute approximate surface area is 147 Å². The monoisotopic (exact) mass is 416 g/mol. The van der Waals surface area contributed by atoms with Gasteiger partial charge in [0.2, 0.25) is 0 Å². The Bertz CT molecular complexity index is 270. The summed E-state index contributed by atoms with van der Waals surface area (Å²) < 4.78 is 0.192. The molecule has 0 aromatic rings. The van der Waals surface area contributed by atoms with Crippen LogP contribution in [0.25, 0.3) is 0 Å². The van der Waals surface area contributed by atoms with E-state index in [1.165, 1.54) is 0 Å². The number of rotatable bonds is 8. The molecule has 0 aromatic heterocycles. The topological polar surface area (TPSA) is 39.7 Å². The zero-order valence-electron chi connectivity index (χ0n) is 14.1. The summed E-state index contributed by atoms with van der Waals surface area (Å²) >= 11 is 1.85. The van der Waals surface area contributed by atoms with Crippen LogP contribution >= 0.6 is 35.7 Å². The average Bonchev–Trinajstić information content (AvgIpc) is 2.35. The van der Waals surface area contributed by atoms with E-state index < -0.39 is 0 Å². The average molecular weight is 416 g/mol. The molecular weight excluding hydrogens is 383 g/mol. The smallest absolute Gasteiger partial charge is 0.191 e. The molecule has 20 heavy (non-hydrogen) atoms. The van der Waals surface area contributed by atoms with Gasteiger partial charge in [0.15, 0.2) is 5.96 Å². The number of hydrogen-bond donors (Lipinski definition) is 2. The van der Waals surface area contributed by atoms with Crippen LogP contribution in [0, 0.1) is 0 Å². The predicted molar refractivity (Wildman–Crippen MR) is 105 cm³/mol. The maximum atomic E-state index is 4.65. The van der Waals surface area contributed by atoms with E-state index in [2.05, 4.69) is 68.4 Å². The molecule has 4 nitrogen and oxygen atoms in total. The minimum absolute atomic E-state index is 0. The maximum absolute atomic E-state index is 4.65. The molecule has 6 heteroatoms. The lowest BCUT2D eigenvalue weighted by atomic mass is 10.2. The molecule has 0 unspecified atom stereocenters. The first kappa shape index (κ1) is 22.6. The van der Waals surface area contributed by atoms with Gasteiger partial charge in [0.1, 0.15) is 0 Å². The Morgan fingerprint density at radius 1 is 1.30 bits per heavy atom. The molecule has 0 aliphatic carbocycles. The number of thioether (sulfide) groups is 1. The fourth-order valence-electron chi connectivity index (χ4n) is 1.28. The Hall–Kier alpha value is 0.310. The minimum atomic E-state index is 0. The van der Waals surface area contributed by atoms with Crippen molar-refractivity contribution in [3.63, 3.8) is 0 Å². The molecule has 0 heterocycles. The number of aliphatic imine (C=N–C) groups is 1. The first-order chi connectivity index (χ1) is 8.82. The predicted octanol–water partition coefficient (Wildman–Crippen LogP) is 2.64. The number of likely N-dealkylation sites (N-methyl/N-ethyl adjacent to an activating group) is 1. The van der Waals surface area contributed by atoms with Gasteiger partial charge in [0.25, 0.3) is 0 Å². The van der Waals surface area contributed by atoms with Crippen LogP contribution in [-0.4, -0.2) is 61.1 Å². The van der Waals surface area contributed by atoms with Gasteiger partial charge in [-0.25, -0.2) is 0 Å². The molecule has 0 aliphatic rings. The Morgan fingerprint density at radius 2 is 1.90 bits per heavy atom. The minimum Gasteiger partial charge on any atom is -0.357 e. The van der Waals surface area contributed by atoms with Crippen molar-refractivity contribution < 1.29 is 0 Å². The van der Waals surface area contributed by atoms with Crippen LogP contribution in [0.15, 0.2) is 4.99 Å². The quantitative estimate of drug-likeness (QED) is 0.363. The van der Waals surface area contributed by atoms with E-state index in [0.29, 0.717) is 6.04 Å². The lowest BCUT2D eigenvalue weighted by Gasteiger charge is -2.23. The second-order valence-electron chi connectivity index (χ2n) is 5.66. The Balaban J connectivity index is 0. The molecule has 0 aromatic carbocycles. The van der Waals surface area contributed by atoms with E-state index >= 15 is 0 Å². The summed E-state index contributed by atoms with van der Waals surface area (Å²) in [5, 5.41) is 6.68. The van der Waals surface area contributed by atoms with Gasteiger partial charge in [-0.2, -0.15) is 11.8 Å². The van der Waals surface area contributed by atoms with Crippen molar-refractivity contribution >= 4 is 41.7 Å². The van der Waals surface area contributed by atoms with E-state index in [-0.39, 0.29) is 28.7 Å². The molecule has 2 N–H and O–H groups in total. The van der Waals surface area contributed by atoms with Gasteiger partial charge >= 0.3 is 0 Å². The summed E-state index contributed by atoms with van der Waals surface area (Å²) in [7, 11) is 2.15. The third-order valence-electron chi connectivity index (χ3n) is 3.15. The van der Waals surface area contributed by atoms with Crippen LogP contribution in [-0.2, 0) is 0 Å². The fraction of sp³-hybridized carbons (Fsp3) is 0.929. The van der Waals surface area contributed by atoms with Gasteiger partial charge in [0, 0.05) is 30.4 Å². The SMILES string of the molecule is CCNC(=NCC(C)(C)SC)NCCN(C)C(C)C.I. The molecule has 0 spiro atoms. The largest absolute Gasteiger partial charge is 0.357 e. The van der Waals surface area contributed by atoms with Crippen molar-refractivity contribution in [1.29, 1.82) is 0 Å². The first-order valence-corrected chi connectivity index (χ1v) is 8.32. The highest BCUT2D eigenvalue weighted by Crippen LogP contribution is 2.20. The number of guanidine groups is 1. The number of halogens is 1. The van der Waals surface area contributed by atoms with E-state index in [0.717, 1.165) is 32.1 Å². The lowest BCUT2D eigenvalue weighted by Crippen LogP contribution is -2.42. The summed E-state index contributed by atoms with van der Waals surface area (Å²) in [6.45, 7) is 14.6. The van der Waals surface area contributed by atoms with Crippen LogP contribution in [0.1, 0.15) is 34.6 Å². The molecule has 0 atom stereocenters. The van der Waals surface area contributed by atoms with Crippen molar-refractivity contribution in [3.8, 4) is 0 Å². The Morgan fingerprint density at radius 3 is 2.35 bits per heavy atom. The summed E-state index contributed by atoms with van der Waals surface area (Å²) in [6, 6.07) is 0.580. The van der Waals surface area contributed by atoms with Gasteiger partial charge in [0.05, 0.1) is 6.54 Å². The van der Waals surface area contributed by atoms with Gasteiger partial charge in [-0.3, -0.25) is 4.99 Å². The summed E-state index contributed by atoms with van der Waals surface area (Å²) in [5.41, 5.74) is 0. The van der Waals surface area contributed by atoms with Gasteiger partial charge in [-0.15, -0.1) is 24.0 Å². The van der Waals surface area contributed by atoms with Gasteiger partial charge < -0.3 is 15.5 Å². The molecule has 0 radical (unpaired) electrons.